The quantitative estimate of drug-likeness (QED) is 0.778. The summed E-state index contributed by atoms with van der Waals surface area (Å²) in [5.41, 5.74) is 2.07. The lowest BCUT2D eigenvalue weighted by molar-refractivity contribution is 0.0526. The predicted molar refractivity (Wildman–Crippen MR) is 75.1 cm³/mol. The first-order valence-electron chi connectivity index (χ1n) is 5.46. The van der Waals surface area contributed by atoms with Crippen molar-refractivity contribution in [2.45, 2.75) is 13.8 Å². The van der Waals surface area contributed by atoms with Crippen LogP contribution in [0.1, 0.15) is 22.8 Å². The molecule has 1 aromatic carbocycles. The zero-order valence-corrected chi connectivity index (χ0v) is 12.3. The molecule has 0 saturated heterocycles. The van der Waals surface area contributed by atoms with E-state index in [4.69, 9.17) is 16.3 Å². The Morgan fingerprint density at radius 2 is 2.22 bits per heavy atom. The third kappa shape index (κ3) is 2.22. The van der Waals surface area contributed by atoms with Crippen molar-refractivity contribution in [2.24, 2.45) is 0 Å². The van der Waals surface area contributed by atoms with E-state index >= 15 is 0 Å². The smallest absolute Gasteiger partial charge is 0.341 e. The molecule has 0 radical (unpaired) electrons. The second-order valence-electron chi connectivity index (χ2n) is 3.79. The molecule has 18 heavy (non-hydrogen) atoms. The molecule has 0 amide bonds. The highest BCUT2D eigenvalue weighted by Crippen LogP contribution is 2.33. The molecule has 0 aliphatic carbocycles. The molecule has 2 aromatic rings. The maximum atomic E-state index is 11.7. The van der Waals surface area contributed by atoms with Crippen LogP contribution in [0.5, 0.6) is 0 Å². The van der Waals surface area contributed by atoms with Gasteiger partial charge in [0.25, 0.3) is 0 Å². The number of pyridine rings is 1. The SMILES string of the molecule is CCOC(=O)c1cnc2c(C)ccc(Br)c2c1Cl. The zero-order valence-electron chi connectivity index (χ0n) is 9.96. The molecule has 0 fully saturated rings. The Morgan fingerprint density at radius 1 is 1.50 bits per heavy atom. The molecule has 5 heteroatoms. The number of hydrogen-bond acceptors (Lipinski definition) is 3. The number of carbonyl (C=O) groups is 1. The number of esters is 1. The van der Waals surface area contributed by atoms with E-state index in [0.29, 0.717) is 11.6 Å². The van der Waals surface area contributed by atoms with Crippen molar-refractivity contribution in [2.75, 3.05) is 6.61 Å². The van der Waals surface area contributed by atoms with Crippen LogP contribution in [0.2, 0.25) is 5.02 Å². The molecule has 0 spiro atoms. The molecule has 0 aliphatic heterocycles. The van der Waals surface area contributed by atoms with Gasteiger partial charge in [-0.3, -0.25) is 4.98 Å². The Balaban J connectivity index is 2.71. The van der Waals surface area contributed by atoms with Crippen molar-refractivity contribution in [1.29, 1.82) is 0 Å². The molecule has 1 heterocycles. The standard InChI is InChI=1S/C13H11BrClNO2/c1-3-18-13(17)8-6-16-12-7(2)4-5-9(14)10(12)11(8)15/h4-6H,3H2,1-2H3. The van der Waals surface area contributed by atoms with E-state index in [1.165, 1.54) is 6.20 Å². The summed E-state index contributed by atoms with van der Waals surface area (Å²) in [4.78, 5) is 16.0. The molecular weight excluding hydrogens is 318 g/mol. The largest absolute Gasteiger partial charge is 0.462 e. The van der Waals surface area contributed by atoms with Crippen LogP contribution < -0.4 is 0 Å². The average molecular weight is 329 g/mol. The van der Waals surface area contributed by atoms with Crippen LogP contribution in [0.15, 0.2) is 22.8 Å². The van der Waals surface area contributed by atoms with Crippen molar-refractivity contribution in [3.8, 4) is 0 Å². The molecule has 0 saturated carbocycles. The molecule has 0 atom stereocenters. The highest BCUT2D eigenvalue weighted by Gasteiger charge is 2.17. The summed E-state index contributed by atoms with van der Waals surface area (Å²) in [7, 11) is 0. The summed E-state index contributed by atoms with van der Waals surface area (Å²) >= 11 is 9.71. The monoisotopic (exact) mass is 327 g/mol. The minimum absolute atomic E-state index is 0.289. The molecule has 0 unspecified atom stereocenters. The van der Waals surface area contributed by atoms with Gasteiger partial charge in [-0.2, -0.15) is 0 Å². The normalized spacial score (nSPS) is 10.7. The first-order valence-corrected chi connectivity index (χ1v) is 6.63. The van der Waals surface area contributed by atoms with Gasteiger partial charge in [0.2, 0.25) is 0 Å². The van der Waals surface area contributed by atoms with E-state index in [9.17, 15) is 4.79 Å². The van der Waals surface area contributed by atoms with Gasteiger partial charge in [-0.1, -0.05) is 33.6 Å². The molecule has 0 aliphatic rings. The number of nitrogens with zero attached hydrogens (tertiary/aromatic N) is 1. The summed E-state index contributed by atoms with van der Waals surface area (Å²) in [5, 5.41) is 1.11. The topological polar surface area (TPSA) is 39.2 Å². The highest BCUT2D eigenvalue weighted by atomic mass is 79.9. The fourth-order valence-corrected chi connectivity index (χ4v) is 2.67. The molecule has 2 rings (SSSR count). The summed E-state index contributed by atoms with van der Waals surface area (Å²) < 4.78 is 5.76. The van der Waals surface area contributed by atoms with E-state index in [1.807, 2.05) is 19.1 Å². The molecule has 0 bridgehead atoms. The fourth-order valence-electron chi connectivity index (χ4n) is 1.72. The van der Waals surface area contributed by atoms with Crippen molar-refractivity contribution >= 4 is 44.4 Å². The van der Waals surface area contributed by atoms with Gasteiger partial charge in [0, 0.05) is 16.1 Å². The van der Waals surface area contributed by atoms with Gasteiger partial charge in [0.15, 0.2) is 0 Å². The van der Waals surface area contributed by atoms with Crippen molar-refractivity contribution in [3.05, 3.63) is 39.0 Å². The Bertz CT molecular complexity index is 628. The number of hydrogen-bond donors (Lipinski definition) is 0. The minimum atomic E-state index is -0.453. The van der Waals surface area contributed by atoms with Crippen molar-refractivity contribution in [3.63, 3.8) is 0 Å². The maximum Gasteiger partial charge on any atom is 0.341 e. The second kappa shape index (κ2) is 5.24. The lowest BCUT2D eigenvalue weighted by Crippen LogP contribution is -2.06. The Morgan fingerprint density at radius 3 is 2.89 bits per heavy atom. The summed E-state index contributed by atoms with van der Waals surface area (Å²) in [6.45, 7) is 4.00. The average Bonchev–Trinajstić information content (AvgIpc) is 2.34. The second-order valence-corrected chi connectivity index (χ2v) is 5.03. The fraction of sp³-hybridized carbons (Fsp3) is 0.231. The van der Waals surface area contributed by atoms with Gasteiger partial charge in [0.1, 0.15) is 0 Å². The minimum Gasteiger partial charge on any atom is -0.462 e. The van der Waals surface area contributed by atoms with Crippen LogP contribution in [-0.2, 0) is 4.74 Å². The van der Waals surface area contributed by atoms with Gasteiger partial charge >= 0.3 is 5.97 Å². The molecule has 1 aromatic heterocycles. The summed E-state index contributed by atoms with van der Waals surface area (Å²) in [5.74, 6) is -0.453. The van der Waals surface area contributed by atoms with E-state index in [-0.39, 0.29) is 5.56 Å². The van der Waals surface area contributed by atoms with Crippen molar-refractivity contribution in [1.82, 2.24) is 4.98 Å². The molecule has 94 valence electrons. The van der Waals surface area contributed by atoms with Gasteiger partial charge < -0.3 is 4.74 Å². The summed E-state index contributed by atoms with van der Waals surface area (Å²) in [6.07, 6.45) is 1.46. The third-order valence-corrected chi connectivity index (χ3v) is 3.66. The Hall–Kier alpha value is -1.13. The van der Waals surface area contributed by atoms with Gasteiger partial charge in [-0.15, -0.1) is 0 Å². The van der Waals surface area contributed by atoms with Crippen LogP contribution in [0.4, 0.5) is 0 Å². The van der Waals surface area contributed by atoms with E-state index in [0.717, 1.165) is 20.9 Å². The molecule has 3 nitrogen and oxygen atoms in total. The number of ether oxygens (including phenoxy) is 1. The number of fused-ring (bicyclic) bond motifs is 1. The van der Waals surface area contributed by atoms with Crippen molar-refractivity contribution < 1.29 is 9.53 Å². The number of aromatic nitrogens is 1. The highest BCUT2D eigenvalue weighted by molar-refractivity contribution is 9.10. The lowest BCUT2D eigenvalue weighted by Gasteiger charge is -2.09. The third-order valence-electron chi connectivity index (χ3n) is 2.60. The number of aryl methyl sites for hydroxylation is 1. The van der Waals surface area contributed by atoms with Crippen LogP contribution in [0.3, 0.4) is 0 Å². The van der Waals surface area contributed by atoms with Crippen LogP contribution >= 0.6 is 27.5 Å². The number of carbonyl (C=O) groups excluding carboxylic acids is 1. The van der Waals surface area contributed by atoms with E-state index in [2.05, 4.69) is 20.9 Å². The first kappa shape index (κ1) is 13.3. The number of benzene rings is 1. The lowest BCUT2D eigenvalue weighted by atomic mass is 10.1. The predicted octanol–water partition coefficient (Wildman–Crippen LogP) is 4.14. The maximum absolute atomic E-state index is 11.7. The van der Waals surface area contributed by atoms with Gasteiger partial charge in [-0.05, 0) is 25.5 Å². The molecular formula is C13H11BrClNO2. The number of rotatable bonds is 2. The van der Waals surface area contributed by atoms with E-state index in [1.54, 1.807) is 6.92 Å². The Kier molecular flexibility index (Phi) is 3.88. The number of halogens is 2. The zero-order chi connectivity index (χ0) is 13.3. The van der Waals surface area contributed by atoms with Gasteiger partial charge in [0.05, 0.1) is 22.7 Å². The van der Waals surface area contributed by atoms with E-state index < -0.39 is 5.97 Å². The summed E-state index contributed by atoms with van der Waals surface area (Å²) in [6, 6.07) is 3.83. The van der Waals surface area contributed by atoms with Crippen LogP contribution in [0.25, 0.3) is 10.9 Å². The van der Waals surface area contributed by atoms with Gasteiger partial charge in [-0.25, -0.2) is 4.79 Å². The first-order chi connectivity index (χ1) is 8.56. The molecule has 0 N–H and O–H groups in total. The van der Waals surface area contributed by atoms with Crippen LogP contribution in [-0.4, -0.2) is 17.6 Å². The Labute approximate surface area is 118 Å². The van der Waals surface area contributed by atoms with Crippen LogP contribution in [0, 0.1) is 6.92 Å².